The second kappa shape index (κ2) is 22.4. The van der Waals surface area contributed by atoms with Gasteiger partial charge in [-0.1, -0.05) is 39.3 Å². The van der Waals surface area contributed by atoms with Crippen LogP contribution in [0.5, 0.6) is 0 Å². The topological polar surface area (TPSA) is 366 Å². The standard InChI is InChI=1S/C51H84O23/c1-20(19-66-45-39(61)37(59)34(56)29(16-52)69-45)8-13-51(65)21(2)32-28(74-51)15-27-25-7-6-23-14-24(9-11-49(23,4)26(25)10-12-50(27,32)5)68-48-44(73-46-40(62)36(58)33(55)22(3)67-46)42(64)43(31(18-54)71-48)72-47-41(63)38(60)35(57)30(17-53)70-47/h6,20-22,24-48,52-65H,7-19H2,1-5H3/t20-,21?,22+,24+,25?,26?,27?,28?,29-,30-,31-,32?,33+,34-,35-,36-,37+,38+,39-,40-,41-,42+,43-,44-,45-,46+,47+,48-,49+,50+,51-/m1/s1. The van der Waals surface area contributed by atoms with E-state index < -0.39 is 155 Å². The lowest BCUT2D eigenvalue weighted by Gasteiger charge is -2.58. The number of aliphatic hydroxyl groups excluding tert-OH is 13. The van der Waals surface area contributed by atoms with E-state index in [0.29, 0.717) is 43.4 Å². The van der Waals surface area contributed by atoms with E-state index in [4.69, 9.17) is 42.6 Å². The molecule has 6 unspecified atom stereocenters. The van der Waals surface area contributed by atoms with Gasteiger partial charge in [0.1, 0.15) is 91.6 Å². The van der Waals surface area contributed by atoms with Gasteiger partial charge in [0.2, 0.25) is 0 Å². The molecule has 9 rings (SSSR count). The average Bonchev–Trinajstić information content (AvgIpc) is 3.82. The van der Waals surface area contributed by atoms with Gasteiger partial charge in [0.15, 0.2) is 30.9 Å². The third kappa shape index (κ3) is 10.2. The molecule has 5 aliphatic heterocycles. The third-order valence-corrected chi connectivity index (χ3v) is 19.5. The Hall–Kier alpha value is -1.18. The molecule has 0 aromatic rings. The molecule has 0 amide bonds. The molecule has 426 valence electrons. The maximum absolute atomic E-state index is 12.1. The van der Waals surface area contributed by atoms with Crippen molar-refractivity contribution in [2.24, 2.45) is 46.3 Å². The monoisotopic (exact) mass is 1060 g/mol. The van der Waals surface area contributed by atoms with Crippen LogP contribution in [0.25, 0.3) is 0 Å². The molecule has 23 heteroatoms. The first-order chi connectivity index (χ1) is 35.0. The van der Waals surface area contributed by atoms with Gasteiger partial charge in [0.25, 0.3) is 0 Å². The smallest absolute Gasteiger partial charge is 0.187 e. The minimum absolute atomic E-state index is 0.0705. The minimum atomic E-state index is -1.85. The zero-order valence-corrected chi connectivity index (χ0v) is 42.9. The molecule has 0 aromatic carbocycles. The Labute approximate surface area is 430 Å². The van der Waals surface area contributed by atoms with E-state index in [-0.39, 0.29) is 41.3 Å². The molecule has 0 spiro atoms. The summed E-state index contributed by atoms with van der Waals surface area (Å²) in [6.45, 7) is 8.35. The van der Waals surface area contributed by atoms with Gasteiger partial charge in [-0.05, 0) is 98.7 Å². The Morgan fingerprint density at radius 1 is 0.635 bits per heavy atom. The maximum Gasteiger partial charge on any atom is 0.187 e. The molecule has 5 heterocycles. The molecule has 4 aliphatic carbocycles. The molecule has 9 aliphatic rings. The minimum Gasteiger partial charge on any atom is -0.394 e. The lowest BCUT2D eigenvalue weighted by atomic mass is 9.47. The lowest BCUT2D eigenvalue weighted by molar-refractivity contribution is -0.389. The molecule has 5 saturated heterocycles. The summed E-state index contributed by atoms with van der Waals surface area (Å²) in [5.74, 6) is -0.310. The van der Waals surface area contributed by atoms with Gasteiger partial charge < -0.3 is 114 Å². The predicted octanol–water partition coefficient (Wildman–Crippen LogP) is -3.01. The van der Waals surface area contributed by atoms with Gasteiger partial charge in [-0.3, -0.25) is 0 Å². The summed E-state index contributed by atoms with van der Waals surface area (Å²) in [6.07, 6.45) is -22.1. The van der Waals surface area contributed by atoms with Crippen molar-refractivity contribution in [1.82, 2.24) is 0 Å². The third-order valence-electron chi connectivity index (χ3n) is 19.5. The molecule has 0 radical (unpaired) electrons. The van der Waals surface area contributed by atoms with Crippen molar-refractivity contribution in [1.29, 1.82) is 0 Å². The molecule has 31 atom stereocenters. The Balaban J connectivity index is 0.849. The number of ether oxygens (including phenoxy) is 9. The molecule has 8 fully saturated rings. The fourth-order valence-corrected chi connectivity index (χ4v) is 15.0. The van der Waals surface area contributed by atoms with Gasteiger partial charge in [-0.25, -0.2) is 0 Å². The Bertz CT molecular complexity index is 1920. The van der Waals surface area contributed by atoms with Gasteiger partial charge >= 0.3 is 0 Å². The molecule has 3 saturated carbocycles. The van der Waals surface area contributed by atoms with Crippen molar-refractivity contribution >= 4 is 0 Å². The van der Waals surface area contributed by atoms with Gasteiger partial charge in [-0.2, -0.15) is 0 Å². The summed E-state index contributed by atoms with van der Waals surface area (Å²) < 4.78 is 54.4. The number of aliphatic hydroxyl groups is 14. The summed E-state index contributed by atoms with van der Waals surface area (Å²) in [6, 6.07) is 0. The van der Waals surface area contributed by atoms with Crippen LogP contribution in [0.4, 0.5) is 0 Å². The van der Waals surface area contributed by atoms with Gasteiger partial charge in [-0.15, -0.1) is 0 Å². The average molecular weight is 1070 g/mol. The molecular weight excluding hydrogens is 981 g/mol. The molecule has 23 nitrogen and oxygen atoms in total. The van der Waals surface area contributed by atoms with Crippen molar-refractivity contribution in [2.75, 3.05) is 26.4 Å². The number of rotatable bonds is 15. The second-order valence-electron chi connectivity index (χ2n) is 23.8. The van der Waals surface area contributed by atoms with E-state index in [1.165, 1.54) is 12.5 Å². The van der Waals surface area contributed by atoms with Crippen LogP contribution in [-0.2, 0) is 42.6 Å². The highest BCUT2D eigenvalue weighted by Gasteiger charge is 2.68. The molecular formula is C51H84O23. The van der Waals surface area contributed by atoms with Crippen LogP contribution < -0.4 is 0 Å². The fourth-order valence-electron chi connectivity index (χ4n) is 15.0. The largest absolute Gasteiger partial charge is 0.394 e. The summed E-state index contributed by atoms with van der Waals surface area (Å²) in [5, 5.41) is 148. The molecule has 74 heavy (non-hydrogen) atoms. The summed E-state index contributed by atoms with van der Waals surface area (Å²) >= 11 is 0. The first-order valence-electron chi connectivity index (χ1n) is 26.9. The van der Waals surface area contributed by atoms with E-state index in [1.54, 1.807) is 0 Å². The number of hydrogen-bond donors (Lipinski definition) is 14. The van der Waals surface area contributed by atoms with Crippen LogP contribution >= 0.6 is 0 Å². The van der Waals surface area contributed by atoms with E-state index >= 15 is 0 Å². The van der Waals surface area contributed by atoms with Crippen molar-refractivity contribution in [3.63, 3.8) is 0 Å². The Morgan fingerprint density at radius 2 is 1.22 bits per heavy atom. The molecule has 0 aromatic heterocycles. The lowest BCUT2D eigenvalue weighted by Crippen LogP contribution is -2.67. The molecule has 0 bridgehead atoms. The van der Waals surface area contributed by atoms with Crippen LogP contribution in [0.1, 0.15) is 92.4 Å². The Kier molecular flexibility index (Phi) is 17.4. The predicted molar refractivity (Wildman–Crippen MR) is 250 cm³/mol. The van der Waals surface area contributed by atoms with Crippen LogP contribution in [0.2, 0.25) is 0 Å². The first-order valence-corrected chi connectivity index (χ1v) is 26.9. The van der Waals surface area contributed by atoms with Gasteiger partial charge in [0, 0.05) is 12.3 Å². The molecule has 14 N–H and O–H groups in total. The highest BCUT2D eigenvalue weighted by molar-refractivity contribution is 5.26. The van der Waals surface area contributed by atoms with Crippen LogP contribution in [0, 0.1) is 46.3 Å². The quantitative estimate of drug-likeness (QED) is 0.0727. The maximum atomic E-state index is 12.1. The zero-order chi connectivity index (χ0) is 53.5. The van der Waals surface area contributed by atoms with Crippen LogP contribution in [-0.4, -0.2) is 239 Å². The van der Waals surface area contributed by atoms with Crippen molar-refractivity contribution < 1.29 is 114 Å². The number of allylic oxidation sites excluding steroid dienone is 1. The van der Waals surface area contributed by atoms with Crippen molar-refractivity contribution in [3.8, 4) is 0 Å². The zero-order valence-electron chi connectivity index (χ0n) is 42.9. The highest BCUT2D eigenvalue weighted by Crippen LogP contribution is 2.70. The first kappa shape index (κ1) is 57.5. The normalized spacial score (nSPS) is 54.9. The summed E-state index contributed by atoms with van der Waals surface area (Å²) in [4.78, 5) is 0. The number of fused-ring (bicyclic) bond motifs is 7. The van der Waals surface area contributed by atoms with Crippen LogP contribution in [0.15, 0.2) is 11.6 Å². The fraction of sp³-hybridized carbons (Fsp3) is 0.961. The van der Waals surface area contributed by atoms with Crippen molar-refractivity contribution in [2.45, 2.75) is 233 Å². The van der Waals surface area contributed by atoms with Crippen molar-refractivity contribution in [3.05, 3.63) is 11.6 Å². The van der Waals surface area contributed by atoms with Crippen LogP contribution in [0.3, 0.4) is 0 Å². The SMILES string of the molecule is CC1C2C(CC3C4CC=C5C[C@@H](O[C@@H]6O[C@H](CO)[C@@H](O[C@@H]7O[C@H](CO)[C@@H](O)[C@H](O)[C@H]7O)[C@H](O)[C@H]6O[C@@H]6O[C@@H](C)[C@H](O)[C@@H](O)[C@H]6O)CC[C@]5(C)C4CC[C@@]32C)O[C@]1(O)CC[C@@H](C)CO[C@@H]1O[C@H](CO)[C@@H](O)[C@H](O)[C@H]1O. The van der Waals surface area contributed by atoms with E-state index in [0.717, 1.165) is 32.1 Å². The van der Waals surface area contributed by atoms with Gasteiger partial charge in [0.05, 0.1) is 44.7 Å². The second-order valence-corrected chi connectivity index (χ2v) is 23.8. The van der Waals surface area contributed by atoms with E-state index in [1.807, 2.05) is 6.92 Å². The van der Waals surface area contributed by atoms with E-state index in [9.17, 15) is 71.5 Å². The van der Waals surface area contributed by atoms with E-state index in [2.05, 4.69) is 26.8 Å². The summed E-state index contributed by atoms with van der Waals surface area (Å²) in [7, 11) is 0. The number of hydrogen-bond acceptors (Lipinski definition) is 23. The highest BCUT2D eigenvalue weighted by atomic mass is 16.8. The Morgan fingerprint density at radius 3 is 1.86 bits per heavy atom. The summed E-state index contributed by atoms with van der Waals surface area (Å²) in [5.41, 5.74) is 1.02.